The molecule has 1 aromatic carbocycles. The normalized spacial score (nSPS) is 26.7. The molecule has 3 rings (SSSR count). The largest absolute Gasteiger partial charge is 0.395 e. The summed E-state index contributed by atoms with van der Waals surface area (Å²) in [5.74, 6) is 0.552. The van der Waals surface area contributed by atoms with Gasteiger partial charge >= 0.3 is 6.03 Å². The van der Waals surface area contributed by atoms with Gasteiger partial charge in [-0.3, -0.25) is 0 Å². The summed E-state index contributed by atoms with van der Waals surface area (Å²) in [6.07, 6.45) is 5.42. The fourth-order valence-corrected chi connectivity index (χ4v) is 3.97. The highest BCUT2D eigenvalue weighted by Gasteiger charge is 2.33. The molecule has 0 aromatic heterocycles. The lowest BCUT2D eigenvalue weighted by Gasteiger charge is -2.31. The van der Waals surface area contributed by atoms with Crippen LogP contribution in [0.3, 0.4) is 0 Å². The van der Waals surface area contributed by atoms with E-state index in [4.69, 9.17) is 0 Å². The summed E-state index contributed by atoms with van der Waals surface area (Å²) in [6, 6.07) is 8.70. The highest BCUT2D eigenvalue weighted by atomic mass is 16.3. The van der Waals surface area contributed by atoms with Crippen molar-refractivity contribution >= 4 is 6.03 Å². The topological polar surface area (TPSA) is 52.6 Å². The minimum atomic E-state index is -0.0190. The monoisotopic (exact) mass is 302 g/mol. The van der Waals surface area contributed by atoms with E-state index >= 15 is 0 Å². The standard InChI is InChI=1S/C18H26N2O2/c1-13-5-4-8-16(13)19-18(22)20(11-12-21)17-10-9-14-6-2-3-7-15(14)17/h2-3,6-7,13,16-17,21H,4-5,8-12H2,1H3,(H,19,22). The lowest BCUT2D eigenvalue weighted by atomic mass is 10.1. The van der Waals surface area contributed by atoms with Crippen molar-refractivity contribution in [1.29, 1.82) is 0 Å². The first-order valence-electron chi connectivity index (χ1n) is 8.46. The van der Waals surface area contributed by atoms with Crippen LogP contribution in [0, 0.1) is 5.92 Å². The van der Waals surface area contributed by atoms with Crippen molar-refractivity contribution in [2.75, 3.05) is 13.2 Å². The van der Waals surface area contributed by atoms with Gasteiger partial charge in [0.05, 0.1) is 12.6 Å². The summed E-state index contributed by atoms with van der Waals surface area (Å²) in [7, 11) is 0. The molecule has 0 spiro atoms. The van der Waals surface area contributed by atoms with E-state index in [-0.39, 0.29) is 24.7 Å². The first kappa shape index (κ1) is 15.3. The number of aliphatic hydroxyl groups excluding tert-OH is 1. The van der Waals surface area contributed by atoms with Crippen molar-refractivity contribution < 1.29 is 9.90 Å². The molecule has 1 saturated carbocycles. The van der Waals surface area contributed by atoms with Crippen LogP contribution in [0.2, 0.25) is 0 Å². The number of urea groups is 1. The lowest BCUT2D eigenvalue weighted by Crippen LogP contribution is -2.47. The molecular formula is C18H26N2O2. The van der Waals surface area contributed by atoms with Crippen molar-refractivity contribution in [3.63, 3.8) is 0 Å². The van der Waals surface area contributed by atoms with Crippen LogP contribution in [0.15, 0.2) is 24.3 Å². The number of benzene rings is 1. The Labute approximate surface area is 132 Å². The molecule has 3 unspecified atom stereocenters. The summed E-state index contributed by atoms with van der Waals surface area (Å²) < 4.78 is 0. The Bertz CT molecular complexity index is 532. The van der Waals surface area contributed by atoms with Crippen molar-refractivity contribution in [1.82, 2.24) is 10.2 Å². The van der Waals surface area contributed by atoms with E-state index in [1.54, 1.807) is 0 Å². The van der Waals surface area contributed by atoms with Crippen LogP contribution in [-0.4, -0.2) is 35.2 Å². The van der Waals surface area contributed by atoms with E-state index in [9.17, 15) is 9.90 Å². The maximum atomic E-state index is 12.7. The van der Waals surface area contributed by atoms with Crippen LogP contribution in [0.5, 0.6) is 0 Å². The van der Waals surface area contributed by atoms with Gasteiger partial charge in [0.2, 0.25) is 0 Å². The van der Waals surface area contributed by atoms with Crippen molar-refractivity contribution in [2.45, 2.75) is 51.1 Å². The Morgan fingerprint density at radius 2 is 2.14 bits per heavy atom. The number of nitrogens with zero attached hydrogens (tertiary/aromatic N) is 1. The summed E-state index contributed by atoms with van der Waals surface area (Å²) >= 11 is 0. The third kappa shape index (κ3) is 2.98. The quantitative estimate of drug-likeness (QED) is 0.898. The number of fused-ring (bicyclic) bond motifs is 1. The number of rotatable bonds is 4. The first-order valence-corrected chi connectivity index (χ1v) is 8.46. The summed E-state index contributed by atoms with van der Waals surface area (Å²) in [4.78, 5) is 14.6. The molecule has 22 heavy (non-hydrogen) atoms. The van der Waals surface area contributed by atoms with Gasteiger partial charge in [0.25, 0.3) is 0 Å². The fourth-order valence-electron chi connectivity index (χ4n) is 3.97. The first-order chi connectivity index (χ1) is 10.7. The third-order valence-electron chi connectivity index (χ3n) is 5.25. The Hall–Kier alpha value is -1.55. The number of carbonyl (C=O) groups excluding carboxylic acids is 1. The molecular weight excluding hydrogens is 276 g/mol. The van der Waals surface area contributed by atoms with Crippen molar-refractivity contribution in [3.05, 3.63) is 35.4 Å². The Morgan fingerprint density at radius 1 is 1.32 bits per heavy atom. The molecule has 4 heteroatoms. The molecule has 120 valence electrons. The number of hydrogen-bond donors (Lipinski definition) is 2. The molecule has 1 fully saturated rings. The zero-order valence-corrected chi connectivity index (χ0v) is 13.3. The average Bonchev–Trinajstić information content (AvgIpc) is 3.12. The van der Waals surface area contributed by atoms with E-state index in [1.807, 2.05) is 11.0 Å². The zero-order chi connectivity index (χ0) is 15.5. The molecule has 0 aliphatic heterocycles. The van der Waals surface area contributed by atoms with Gasteiger partial charge < -0.3 is 15.3 Å². The van der Waals surface area contributed by atoms with Crippen LogP contribution in [-0.2, 0) is 6.42 Å². The lowest BCUT2D eigenvalue weighted by molar-refractivity contribution is 0.147. The SMILES string of the molecule is CC1CCCC1NC(=O)N(CCO)C1CCc2ccccc21. The minimum Gasteiger partial charge on any atom is -0.395 e. The van der Waals surface area contributed by atoms with Gasteiger partial charge in [-0.05, 0) is 42.7 Å². The van der Waals surface area contributed by atoms with Gasteiger partial charge in [-0.15, -0.1) is 0 Å². The average molecular weight is 302 g/mol. The third-order valence-corrected chi connectivity index (χ3v) is 5.25. The second-order valence-corrected chi connectivity index (χ2v) is 6.63. The van der Waals surface area contributed by atoms with E-state index in [0.29, 0.717) is 12.5 Å². The van der Waals surface area contributed by atoms with Gasteiger partial charge in [0, 0.05) is 12.6 Å². The highest BCUT2D eigenvalue weighted by Crippen LogP contribution is 2.35. The molecule has 0 heterocycles. The number of hydrogen-bond acceptors (Lipinski definition) is 2. The van der Waals surface area contributed by atoms with Gasteiger partial charge in [0.15, 0.2) is 0 Å². The minimum absolute atomic E-state index is 0.00626. The smallest absolute Gasteiger partial charge is 0.318 e. The van der Waals surface area contributed by atoms with Crippen molar-refractivity contribution in [2.24, 2.45) is 5.92 Å². The fraction of sp³-hybridized carbons (Fsp3) is 0.611. The van der Waals surface area contributed by atoms with Gasteiger partial charge in [-0.1, -0.05) is 37.6 Å². The summed E-state index contributed by atoms with van der Waals surface area (Å²) in [5, 5.41) is 12.6. The van der Waals surface area contributed by atoms with Crippen LogP contribution < -0.4 is 5.32 Å². The van der Waals surface area contributed by atoms with E-state index in [0.717, 1.165) is 19.3 Å². The number of nitrogens with one attached hydrogen (secondary N) is 1. The van der Waals surface area contributed by atoms with E-state index in [2.05, 4.69) is 30.4 Å². The molecule has 2 N–H and O–H groups in total. The summed E-state index contributed by atoms with van der Waals surface area (Å²) in [5.41, 5.74) is 2.57. The van der Waals surface area contributed by atoms with Crippen LogP contribution >= 0.6 is 0 Å². The highest BCUT2D eigenvalue weighted by molar-refractivity contribution is 5.75. The zero-order valence-electron chi connectivity index (χ0n) is 13.3. The molecule has 0 radical (unpaired) electrons. The maximum absolute atomic E-state index is 12.7. The van der Waals surface area contributed by atoms with E-state index < -0.39 is 0 Å². The Morgan fingerprint density at radius 3 is 2.86 bits per heavy atom. The molecule has 3 atom stereocenters. The van der Waals surface area contributed by atoms with Gasteiger partial charge in [-0.2, -0.15) is 0 Å². The van der Waals surface area contributed by atoms with Gasteiger partial charge in [0.1, 0.15) is 0 Å². The Kier molecular flexibility index (Phi) is 4.67. The maximum Gasteiger partial charge on any atom is 0.318 e. The van der Waals surface area contributed by atoms with Crippen molar-refractivity contribution in [3.8, 4) is 0 Å². The Balaban J connectivity index is 1.74. The molecule has 2 aliphatic rings. The molecule has 0 bridgehead atoms. The van der Waals surface area contributed by atoms with Gasteiger partial charge in [-0.25, -0.2) is 4.79 Å². The molecule has 4 nitrogen and oxygen atoms in total. The second kappa shape index (κ2) is 6.69. The van der Waals surface area contributed by atoms with Crippen LogP contribution in [0.1, 0.15) is 49.8 Å². The van der Waals surface area contributed by atoms with Crippen LogP contribution in [0.4, 0.5) is 4.79 Å². The molecule has 2 amide bonds. The number of carbonyl (C=O) groups is 1. The predicted molar refractivity (Wildman–Crippen MR) is 86.6 cm³/mol. The van der Waals surface area contributed by atoms with Crippen LogP contribution in [0.25, 0.3) is 0 Å². The second-order valence-electron chi connectivity index (χ2n) is 6.63. The molecule has 0 saturated heterocycles. The number of aliphatic hydroxyl groups is 1. The summed E-state index contributed by atoms with van der Waals surface area (Å²) in [6.45, 7) is 2.61. The molecule has 2 aliphatic carbocycles. The number of aryl methyl sites for hydroxylation is 1. The predicted octanol–water partition coefficient (Wildman–Crippen LogP) is 2.87. The van der Waals surface area contributed by atoms with E-state index in [1.165, 1.54) is 24.0 Å². The number of amides is 2. The molecule has 1 aromatic rings.